The van der Waals surface area contributed by atoms with E-state index in [0.29, 0.717) is 19.0 Å². The van der Waals surface area contributed by atoms with Gasteiger partial charge >= 0.3 is 0 Å². The average molecular weight is 291 g/mol. The summed E-state index contributed by atoms with van der Waals surface area (Å²) in [6, 6.07) is 9.28. The van der Waals surface area contributed by atoms with Gasteiger partial charge in [0.2, 0.25) is 0 Å². The Hall–Kier alpha value is -1.69. The highest BCUT2D eigenvalue weighted by atomic mass is 16.7. The monoisotopic (exact) mass is 291 g/mol. The van der Waals surface area contributed by atoms with Crippen molar-refractivity contribution in [3.8, 4) is 0 Å². The molecular weight excluding hydrogens is 270 g/mol. The summed E-state index contributed by atoms with van der Waals surface area (Å²) in [4.78, 5) is 0. The second kappa shape index (κ2) is 7.36. The molecule has 0 aliphatic rings. The fourth-order valence-corrected chi connectivity index (χ4v) is 2.09. The number of aryl methyl sites for hydroxylation is 1. The third-order valence-corrected chi connectivity index (χ3v) is 3.14. The molecule has 5 nitrogen and oxygen atoms in total. The van der Waals surface area contributed by atoms with E-state index in [-0.39, 0.29) is 6.29 Å². The summed E-state index contributed by atoms with van der Waals surface area (Å²) in [5.41, 5.74) is 2.38. The van der Waals surface area contributed by atoms with Gasteiger partial charge < -0.3 is 19.1 Å². The highest BCUT2D eigenvalue weighted by Crippen LogP contribution is 2.26. The Morgan fingerprint density at radius 1 is 1.29 bits per heavy atom. The summed E-state index contributed by atoms with van der Waals surface area (Å²) in [5, 5.41) is 14.2. The SMILES string of the molecule is CCOC(C)OCc1ccccc1C(O)c1cc(C)no1. The summed E-state index contributed by atoms with van der Waals surface area (Å²) >= 11 is 0. The molecule has 0 saturated carbocycles. The Morgan fingerprint density at radius 3 is 2.71 bits per heavy atom. The lowest BCUT2D eigenvalue weighted by Gasteiger charge is -2.16. The van der Waals surface area contributed by atoms with Gasteiger partial charge in [-0.05, 0) is 31.9 Å². The summed E-state index contributed by atoms with van der Waals surface area (Å²) in [6.07, 6.45) is -1.14. The zero-order valence-electron chi connectivity index (χ0n) is 12.6. The molecule has 2 atom stereocenters. The van der Waals surface area contributed by atoms with Crippen molar-refractivity contribution in [2.45, 2.75) is 39.8 Å². The molecule has 1 aromatic heterocycles. The van der Waals surface area contributed by atoms with Gasteiger partial charge in [0.15, 0.2) is 12.1 Å². The van der Waals surface area contributed by atoms with Gasteiger partial charge in [0, 0.05) is 12.7 Å². The Bertz CT molecular complexity index is 567. The molecule has 0 amide bonds. The molecule has 0 saturated heterocycles. The van der Waals surface area contributed by atoms with Crippen LogP contribution in [0.25, 0.3) is 0 Å². The van der Waals surface area contributed by atoms with E-state index in [9.17, 15) is 5.11 Å². The maximum atomic E-state index is 10.4. The van der Waals surface area contributed by atoms with Crippen LogP contribution in [-0.4, -0.2) is 23.2 Å². The normalized spacial score (nSPS) is 14.1. The van der Waals surface area contributed by atoms with Crippen LogP contribution in [-0.2, 0) is 16.1 Å². The number of benzene rings is 1. The molecule has 0 aliphatic heterocycles. The lowest BCUT2D eigenvalue weighted by atomic mass is 10.0. The summed E-state index contributed by atoms with van der Waals surface area (Å²) in [7, 11) is 0. The van der Waals surface area contributed by atoms with Gasteiger partial charge in [-0.3, -0.25) is 0 Å². The molecule has 2 rings (SSSR count). The smallest absolute Gasteiger partial charge is 0.170 e. The molecule has 21 heavy (non-hydrogen) atoms. The molecule has 0 radical (unpaired) electrons. The number of aromatic nitrogens is 1. The van der Waals surface area contributed by atoms with Crippen molar-refractivity contribution in [2.24, 2.45) is 0 Å². The van der Waals surface area contributed by atoms with E-state index < -0.39 is 6.10 Å². The van der Waals surface area contributed by atoms with Gasteiger partial charge in [-0.25, -0.2) is 0 Å². The highest BCUT2D eigenvalue weighted by Gasteiger charge is 2.18. The van der Waals surface area contributed by atoms with Gasteiger partial charge in [-0.15, -0.1) is 0 Å². The number of rotatable bonds is 7. The Labute approximate surface area is 124 Å². The Balaban J connectivity index is 2.12. The molecule has 1 aromatic carbocycles. The number of nitrogens with zero attached hydrogens (tertiary/aromatic N) is 1. The van der Waals surface area contributed by atoms with Crippen molar-refractivity contribution < 1.29 is 19.1 Å². The van der Waals surface area contributed by atoms with Crippen molar-refractivity contribution in [3.63, 3.8) is 0 Å². The Kier molecular flexibility index (Phi) is 5.50. The summed E-state index contributed by atoms with van der Waals surface area (Å²) in [6.45, 7) is 6.55. The third kappa shape index (κ3) is 4.14. The Morgan fingerprint density at radius 2 is 2.05 bits per heavy atom. The molecule has 2 aromatic rings. The lowest BCUT2D eigenvalue weighted by molar-refractivity contribution is -0.134. The topological polar surface area (TPSA) is 64.7 Å². The first-order valence-electron chi connectivity index (χ1n) is 7.04. The minimum atomic E-state index is -0.853. The van der Waals surface area contributed by atoms with E-state index in [1.807, 2.05) is 45.0 Å². The molecule has 0 fully saturated rings. The van der Waals surface area contributed by atoms with Crippen LogP contribution in [0.4, 0.5) is 0 Å². The highest BCUT2D eigenvalue weighted by molar-refractivity contribution is 5.32. The van der Waals surface area contributed by atoms with E-state index in [0.717, 1.165) is 16.8 Å². The van der Waals surface area contributed by atoms with Crippen LogP contribution < -0.4 is 0 Å². The largest absolute Gasteiger partial charge is 0.380 e. The molecule has 0 spiro atoms. The van der Waals surface area contributed by atoms with Crippen molar-refractivity contribution in [2.75, 3.05) is 6.61 Å². The van der Waals surface area contributed by atoms with Gasteiger partial charge in [0.1, 0.15) is 6.10 Å². The van der Waals surface area contributed by atoms with Crippen LogP contribution >= 0.6 is 0 Å². The minimum absolute atomic E-state index is 0.285. The van der Waals surface area contributed by atoms with E-state index >= 15 is 0 Å². The fourth-order valence-electron chi connectivity index (χ4n) is 2.09. The van der Waals surface area contributed by atoms with Gasteiger partial charge in [0.05, 0.1) is 12.3 Å². The molecular formula is C16H21NO4. The molecule has 0 aliphatic carbocycles. The first kappa shape index (κ1) is 15.7. The van der Waals surface area contributed by atoms with Crippen molar-refractivity contribution >= 4 is 0 Å². The van der Waals surface area contributed by atoms with Gasteiger partial charge in [-0.1, -0.05) is 29.4 Å². The predicted molar refractivity (Wildman–Crippen MR) is 77.6 cm³/mol. The second-order valence-electron chi connectivity index (χ2n) is 4.81. The van der Waals surface area contributed by atoms with Gasteiger partial charge in [-0.2, -0.15) is 0 Å². The predicted octanol–water partition coefficient (Wildman–Crippen LogP) is 2.96. The number of hydrogen-bond donors (Lipinski definition) is 1. The van der Waals surface area contributed by atoms with Crippen LogP contribution in [0, 0.1) is 6.92 Å². The molecule has 114 valence electrons. The molecule has 2 unspecified atom stereocenters. The molecule has 1 heterocycles. The van der Waals surface area contributed by atoms with Crippen LogP contribution in [0.1, 0.15) is 42.5 Å². The van der Waals surface area contributed by atoms with E-state index in [4.69, 9.17) is 14.0 Å². The number of ether oxygens (including phenoxy) is 2. The first-order valence-corrected chi connectivity index (χ1v) is 7.04. The van der Waals surface area contributed by atoms with E-state index in [1.54, 1.807) is 6.07 Å². The van der Waals surface area contributed by atoms with Crippen molar-refractivity contribution in [3.05, 3.63) is 52.9 Å². The summed E-state index contributed by atoms with van der Waals surface area (Å²) < 4.78 is 16.1. The minimum Gasteiger partial charge on any atom is -0.380 e. The number of aliphatic hydroxyl groups excluding tert-OH is 1. The zero-order chi connectivity index (χ0) is 15.2. The second-order valence-corrected chi connectivity index (χ2v) is 4.81. The number of hydrogen-bond acceptors (Lipinski definition) is 5. The lowest BCUT2D eigenvalue weighted by Crippen LogP contribution is -2.13. The van der Waals surface area contributed by atoms with E-state index in [2.05, 4.69) is 5.16 Å². The first-order chi connectivity index (χ1) is 10.1. The standard InChI is InChI=1S/C16H21NO4/c1-4-19-12(3)20-10-13-7-5-6-8-14(13)16(18)15-9-11(2)17-21-15/h5-9,12,16,18H,4,10H2,1-3H3. The van der Waals surface area contributed by atoms with E-state index in [1.165, 1.54) is 0 Å². The fraction of sp³-hybridized carbons (Fsp3) is 0.438. The average Bonchev–Trinajstić information content (AvgIpc) is 2.91. The van der Waals surface area contributed by atoms with Crippen molar-refractivity contribution in [1.82, 2.24) is 5.16 Å². The third-order valence-electron chi connectivity index (χ3n) is 3.14. The van der Waals surface area contributed by atoms with Crippen LogP contribution in [0.5, 0.6) is 0 Å². The molecule has 0 bridgehead atoms. The van der Waals surface area contributed by atoms with Crippen LogP contribution in [0.3, 0.4) is 0 Å². The van der Waals surface area contributed by atoms with Crippen molar-refractivity contribution in [1.29, 1.82) is 0 Å². The maximum absolute atomic E-state index is 10.4. The summed E-state index contributed by atoms with van der Waals surface area (Å²) in [5.74, 6) is 0.429. The number of aliphatic hydroxyl groups is 1. The van der Waals surface area contributed by atoms with Gasteiger partial charge in [0.25, 0.3) is 0 Å². The van der Waals surface area contributed by atoms with Crippen LogP contribution in [0.15, 0.2) is 34.9 Å². The molecule has 5 heteroatoms. The van der Waals surface area contributed by atoms with Crippen LogP contribution in [0.2, 0.25) is 0 Å². The quantitative estimate of drug-likeness (QED) is 0.794. The maximum Gasteiger partial charge on any atom is 0.170 e. The zero-order valence-corrected chi connectivity index (χ0v) is 12.6. The molecule has 1 N–H and O–H groups in total.